The van der Waals surface area contributed by atoms with E-state index in [1.807, 2.05) is 38.1 Å². The van der Waals surface area contributed by atoms with Gasteiger partial charge in [0.15, 0.2) is 0 Å². The first kappa shape index (κ1) is 18.6. The summed E-state index contributed by atoms with van der Waals surface area (Å²) in [6.07, 6.45) is 7.61. The molecule has 0 bridgehead atoms. The van der Waals surface area contributed by atoms with Crippen LogP contribution in [0.25, 0.3) is 5.57 Å². The minimum Gasteiger partial charge on any atom is -0.400 e. The van der Waals surface area contributed by atoms with E-state index in [0.717, 1.165) is 28.4 Å². The van der Waals surface area contributed by atoms with Gasteiger partial charge < -0.3 is 10.6 Å². The second kappa shape index (κ2) is 8.86. The van der Waals surface area contributed by atoms with Crippen LogP contribution in [-0.4, -0.2) is 30.5 Å². The van der Waals surface area contributed by atoms with Crippen molar-refractivity contribution in [1.82, 2.24) is 9.88 Å². The van der Waals surface area contributed by atoms with Crippen LogP contribution in [0.3, 0.4) is 0 Å². The van der Waals surface area contributed by atoms with Gasteiger partial charge in [-0.25, -0.2) is 4.39 Å². The van der Waals surface area contributed by atoms with Gasteiger partial charge >= 0.3 is 0 Å². The summed E-state index contributed by atoms with van der Waals surface area (Å²) in [6.45, 7) is 10.0. The number of hydrogen-bond donors (Lipinski definition) is 1. The number of hydrogen-bond acceptors (Lipinski definition) is 3. The Balaban J connectivity index is 3.30. The van der Waals surface area contributed by atoms with Crippen LogP contribution < -0.4 is 5.73 Å². The van der Waals surface area contributed by atoms with Crippen molar-refractivity contribution in [2.75, 3.05) is 20.6 Å². The summed E-state index contributed by atoms with van der Waals surface area (Å²) in [6, 6.07) is 3.77. The summed E-state index contributed by atoms with van der Waals surface area (Å²) in [5.41, 5.74) is 10.4. The average molecular weight is 313 g/mol. The largest absolute Gasteiger partial charge is 0.400 e. The van der Waals surface area contributed by atoms with Gasteiger partial charge in [-0.3, -0.25) is 4.98 Å². The molecule has 122 valence electrons. The number of nitrogens with zero attached hydrogens (tertiary/aromatic N) is 2. The van der Waals surface area contributed by atoms with Gasteiger partial charge in [0.2, 0.25) is 0 Å². The molecular formula is C19H24FN3. The molecule has 0 aliphatic rings. The fraction of sp³-hybridized carbons (Fsp3) is 0.211. The van der Waals surface area contributed by atoms with Gasteiger partial charge in [-0.05, 0) is 62.0 Å². The van der Waals surface area contributed by atoms with Crippen LogP contribution in [0.1, 0.15) is 12.5 Å². The van der Waals surface area contributed by atoms with Crippen LogP contribution in [-0.2, 0) is 0 Å². The molecule has 1 heterocycles. The van der Waals surface area contributed by atoms with E-state index in [4.69, 9.17) is 5.73 Å². The van der Waals surface area contributed by atoms with Crippen LogP contribution in [0, 0.1) is 0 Å². The highest BCUT2D eigenvalue weighted by Crippen LogP contribution is 2.29. The number of pyridine rings is 1. The fourth-order valence-corrected chi connectivity index (χ4v) is 2.06. The number of halogens is 1. The zero-order valence-corrected chi connectivity index (χ0v) is 14.0. The van der Waals surface area contributed by atoms with Crippen LogP contribution in [0.4, 0.5) is 4.39 Å². The molecule has 23 heavy (non-hydrogen) atoms. The van der Waals surface area contributed by atoms with E-state index in [1.54, 1.807) is 18.5 Å². The average Bonchev–Trinajstić information content (AvgIpc) is 2.52. The molecule has 0 aromatic carbocycles. The van der Waals surface area contributed by atoms with Gasteiger partial charge in [0.25, 0.3) is 0 Å². The first-order valence-corrected chi connectivity index (χ1v) is 7.26. The molecule has 0 aliphatic carbocycles. The summed E-state index contributed by atoms with van der Waals surface area (Å²) < 4.78 is 13.2. The van der Waals surface area contributed by atoms with Gasteiger partial charge in [0, 0.05) is 30.2 Å². The van der Waals surface area contributed by atoms with Crippen molar-refractivity contribution in [3.63, 3.8) is 0 Å². The summed E-state index contributed by atoms with van der Waals surface area (Å²) in [5, 5.41) is 0. The van der Waals surface area contributed by atoms with Crippen molar-refractivity contribution in [2.45, 2.75) is 6.92 Å². The SMILES string of the molecule is C=C/C(F)=C\C=C(/C)C(=C)/C(=C(\N)CN(C)C)c1ccncc1. The highest BCUT2D eigenvalue weighted by Gasteiger charge is 2.12. The molecule has 0 saturated heterocycles. The van der Waals surface area contributed by atoms with Crippen molar-refractivity contribution in [1.29, 1.82) is 0 Å². The van der Waals surface area contributed by atoms with Crippen LogP contribution in [0.15, 0.2) is 78.6 Å². The van der Waals surface area contributed by atoms with E-state index < -0.39 is 5.83 Å². The lowest BCUT2D eigenvalue weighted by Crippen LogP contribution is -2.21. The van der Waals surface area contributed by atoms with Crippen molar-refractivity contribution in [3.8, 4) is 0 Å². The Hall–Kier alpha value is -2.46. The van der Waals surface area contributed by atoms with Crippen LogP contribution in [0.2, 0.25) is 0 Å². The zero-order chi connectivity index (χ0) is 17.4. The molecule has 2 N–H and O–H groups in total. The predicted octanol–water partition coefficient (Wildman–Crippen LogP) is 3.85. The minimum absolute atomic E-state index is 0.396. The molecule has 0 fully saturated rings. The van der Waals surface area contributed by atoms with Gasteiger partial charge in [-0.15, -0.1) is 0 Å². The van der Waals surface area contributed by atoms with Crippen molar-refractivity contribution in [2.24, 2.45) is 5.73 Å². The molecule has 4 heteroatoms. The summed E-state index contributed by atoms with van der Waals surface area (Å²) >= 11 is 0. The highest BCUT2D eigenvalue weighted by molar-refractivity contribution is 5.84. The van der Waals surface area contributed by atoms with E-state index in [0.29, 0.717) is 12.2 Å². The molecular weight excluding hydrogens is 289 g/mol. The molecule has 0 aliphatic heterocycles. The van der Waals surface area contributed by atoms with Crippen molar-refractivity contribution >= 4 is 5.57 Å². The summed E-state index contributed by atoms with van der Waals surface area (Å²) in [7, 11) is 3.90. The predicted molar refractivity (Wildman–Crippen MR) is 96.2 cm³/mol. The second-order valence-corrected chi connectivity index (χ2v) is 5.46. The maximum atomic E-state index is 13.2. The molecule has 0 radical (unpaired) electrons. The van der Waals surface area contributed by atoms with E-state index in [2.05, 4.69) is 18.1 Å². The third-order valence-electron chi connectivity index (χ3n) is 3.24. The Morgan fingerprint density at radius 1 is 1.30 bits per heavy atom. The van der Waals surface area contributed by atoms with E-state index in [-0.39, 0.29) is 0 Å². The molecule has 1 rings (SSSR count). The monoisotopic (exact) mass is 313 g/mol. The van der Waals surface area contributed by atoms with E-state index >= 15 is 0 Å². The number of nitrogens with two attached hydrogens (primary N) is 1. The molecule has 1 aromatic rings. The second-order valence-electron chi connectivity index (χ2n) is 5.46. The number of rotatable bonds is 7. The molecule has 0 unspecified atom stereocenters. The summed E-state index contributed by atoms with van der Waals surface area (Å²) in [4.78, 5) is 6.02. The molecule has 0 spiro atoms. The molecule has 0 amide bonds. The Morgan fingerprint density at radius 3 is 2.43 bits per heavy atom. The third kappa shape index (κ3) is 5.68. The smallest absolute Gasteiger partial charge is 0.122 e. The quantitative estimate of drug-likeness (QED) is 0.777. The molecule has 3 nitrogen and oxygen atoms in total. The van der Waals surface area contributed by atoms with E-state index in [1.165, 1.54) is 6.08 Å². The van der Waals surface area contributed by atoms with E-state index in [9.17, 15) is 4.39 Å². The van der Waals surface area contributed by atoms with Gasteiger partial charge in [-0.1, -0.05) is 19.2 Å². The molecule has 0 atom stereocenters. The Labute approximate surface area is 138 Å². The summed E-state index contributed by atoms with van der Waals surface area (Å²) in [5.74, 6) is -0.396. The highest BCUT2D eigenvalue weighted by atomic mass is 19.1. The Bertz CT molecular complexity index is 652. The number of aromatic nitrogens is 1. The maximum Gasteiger partial charge on any atom is 0.122 e. The lowest BCUT2D eigenvalue weighted by Gasteiger charge is -2.18. The van der Waals surface area contributed by atoms with Gasteiger partial charge in [0.1, 0.15) is 5.83 Å². The van der Waals surface area contributed by atoms with Crippen LogP contribution >= 0.6 is 0 Å². The van der Waals surface area contributed by atoms with Crippen molar-refractivity contribution in [3.05, 3.63) is 84.1 Å². The topological polar surface area (TPSA) is 42.1 Å². The standard InChI is InChI=1S/C19H24FN3/c1-6-17(20)8-7-14(2)15(3)19(18(21)13-23(4)5)16-9-11-22-12-10-16/h6-12H,1,3,13,21H2,2,4-5H3/b14-7+,17-8+,19-18+. The lowest BCUT2D eigenvalue weighted by molar-refractivity contribution is 0.444. The number of allylic oxidation sites excluding steroid dienone is 7. The Morgan fingerprint density at radius 2 is 1.91 bits per heavy atom. The first-order chi connectivity index (χ1) is 10.9. The normalized spacial score (nSPS) is 13.8. The lowest BCUT2D eigenvalue weighted by atomic mass is 9.92. The van der Waals surface area contributed by atoms with Gasteiger partial charge in [-0.2, -0.15) is 0 Å². The molecule has 1 aromatic heterocycles. The maximum absolute atomic E-state index is 13.2. The number of likely N-dealkylation sites (N-methyl/N-ethyl adjacent to an activating group) is 1. The van der Waals surface area contributed by atoms with Crippen molar-refractivity contribution < 1.29 is 4.39 Å². The Kier molecular flexibility index (Phi) is 7.16. The van der Waals surface area contributed by atoms with Gasteiger partial charge in [0.05, 0.1) is 0 Å². The first-order valence-electron chi connectivity index (χ1n) is 7.26. The third-order valence-corrected chi connectivity index (χ3v) is 3.24. The van der Waals surface area contributed by atoms with Crippen LogP contribution in [0.5, 0.6) is 0 Å². The fourth-order valence-electron chi connectivity index (χ4n) is 2.06. The molecule has 0 saturated carbocycles. The minimum atomic E-state index is -0.396. The zero-order valence-electron chi connectivity index (χ0n) is 14.0.